The van der Waals surface area contributed by atoms with Gasteiger partial charge in [-0.05, 0) is 30.5 Å². The Morgan fingerprint density at radius 1 is 1.26 bits per heavy atom. The van der Waals surface area contributed by atoms with E-state index in [4.69, 9.17) is 4.74 Å². The highest BCUT2D eigenvalue weighted by Crippen LogP contribution is 2.29. The Bertz CT molecular complexity index is 922. The minimum atomic E-state index is -0.263. The van der Waals surface area contributed by atoms with Crippen molar-refractivity contribution in [2.45, 2.75) is 6.92 Å². The summed E-state index contributed by atoms with van der Waals surface area (Å²) in [6.07, 6.45) is 1.57. The highest BCUT2D eigenvalue weighted by molar-refractivity contribution is 7.21. The molecule has 27 heavy (non-hydrogen) atoms. The summed E-state index contributed by atoms with van der Waals surface area (Å²) in [5.41, 5.74) is 0.626. The minimum Gasteiger partial charge on any atom is -0.497 e. The average Bonchev–Trinajstić information content (AvgIpc) is 3.37. The van der Waals surface area contributed by atoms with Crippen LogP contribution in [0.5, 0.6) is 5.75 Å². The molecule has 0 aliphatic rings. The summed E-state index contributed by atoms with van der Waals surface area (Å²) in [4.78, 5) is 32.5. The van der Waals surface area contributed by atoms with Crippen molar-refractivity contribution in [1.29, 1.82) is 0 Å². The molecule has 1 N–H and O–H groups in total. The van der Waals surface area contributed by atoms with Crippen molar-refractivity contribution >= 4 is 40.2 Å². The van der Waals surface area contributed by atoms with Crippen LogP contribution in [0, 0.1) is 0 Å². The van der Waals surface area contributed by atoms with Crippen molar-refractivity contribution in [3.63, 3.8) is 0 Å². The van der Waals surface area contributed by atoms with Crippen molar-refractivity contribution in [3.05, 3.63) is 52.9 Å². The first kappa shape index (κ1) is 19.1. The van der Waals surface area contributed by atoms with Gasteiger partial charge in [-0.25, -0.2) is 4.98 Å². The molecule has 8 heteroatoms. The maximum Gasteiger partial charge on any atom is 0.266 e. The molecule has 6 nitrogen and oxygen atoms in total. The van der Waals surface area contributed by atoms with E-state index in [0.29, 0.717) is 22.9 Å². The normalized spacial score (nSPS) is 10.4. The van der Waals surface area contributed by atoms with Crippen molar-refractivity contribution in [1.82, 2.24) is 9.88 Å². The fourth-order valence-corrected chi connectivity index (χ4v) is 4.13. The average molecular weight is 402 g/mol. The number of hydrogen-bond acceptors (Lipinski definition) is 6. The molecular formula is C19H19N3O3S2. The van der Waals surface area contributed by atoms with E-state index < -0.39 is 0 Å². The van der Waals surface area contributed by atoms with Crippen LogP contribution in [0.2, 0.25) is 0 Å². The van der Waals surface area contributed by atoms with Crippen LogP contribution in [-0.4, -0.2) is 41.9 Å². The molecule has 0 radical (unpaired) electrons. The number of likely N-dealkylation sites (N-methyl/N-ethyl adjacent to an activating group) is 1. The second kappa shape index (κ2) is 8.79. The molecule has 2 amide bonds. The molecular weight excluding hydrogens is 382 g/mol. The zero-order chi connectivity index (χ0) is 19.2. The molecule has 1 aromatic carbocycles. The van der Waals surface area contributed by atoms with Crippen LogP contribution >= 0.6 is 22.7 Å². The summed E-state index contributed by atoms with van der Waals surface area (Å²) < 4.78 is 5.15. The highest BCUT2D eigenvalue weighted by Gasteiger charge is 2.20. The topological polar surface area (TPSA) is 71.5 Å². The fraction of sp³-hybridized carbons (Fsp3) is 0.211. The number of carbonyl (C=O) groups is 2. The molecule has 0 aliphatic heterocycles. The Morgan fingerprint density at radius 2 is 2.11 bits per heavy atom. The van der Waals surface area contributed by atoms with Crippen molar-refractivity contribution < 1.29 is 14.3 Å². The van der Waals surface area contributed by atoms with E-state index in [2.05, 4.69) is 10.3 Å². The van der Waals surface area contributed by atoms with Crippen molar-refractivity contribution in [3.8, 4) is 15.6 Å². The standard InChI is InChI=1S/C19H19N3O3S2/c1-3-22(12-17(23)21-13-6-4-7-14(10-13)25-2)19(24)16-11-20-18(27-16)15-8-5-9-26-15/h4-11H,3,12H2,1-2H3,(H,21,23). The summed E-state index contributed by atoms with van der Waals surface area (Å²) in [7, 11) is 1.57. The van der Waals surface area contributed by atoms with E-state index in [0.717, 1.165) is 9.88 Å². The maximum absolute atomic E-state index is 12.7. The van der Waals surface area contributed by atoms with Crippen LogP contribution in [-0.2, 0) is 4.79 Å². The Labute approximate surface area is 165 Å². The molecule has 0 unspecified atom stereocenters. The third-order valence-corrected chi connectivity index (χ3v) is 5.83. The second-order valence-electron chi connectivity index (χ2n) is 5.61. The molecule has 0 bridgehead atoms. The minimum absolute atomic E-state index is 0.0290. The van der Waals surface area contributed by atoms with E-state index in [1.54, 1.807) is 48.9 Å². The first-order valence-electron chi connectivity index (χ1n) is 8.33. The number of aromatic nitrogens is 1. The predicted octanol–water partition coefficient (Wildman–Crippen LogP) is 3.98. The lowest BCUT2D eigenvalue weighted by atomic mass is 10.3. The Kier molecular flexibility index (Phi) is 6.20. The quantitative estimate of drug-likeness (QED) is 0.650. The molecule has 0 saturated carbocycles. The maximum atomic E-state index is 12.7. The monoisotopic (exact) mass is 401 g/mol. The molecule has 0 fully saturated rings. The number of nitrogens with one attached hydrogen (secondary N) is 1. The Balaban J connectivity index is 1.65. The number of carbonyl (C=O) groups excluding carboxylic acids is 2. The van der Waals surface area contributed by atoms with Gasteiger partial charge in [0.25, 0.3) is 5.91 Å². The number of methoxy groups -OCH3 is 1. The van der Waals surface area contributed by atoms with Gasteiger partial charge in [-0.3, -0.25) is 9.59 Å². The van der Waals surface area contributed by atoms with Gasteiger partial charge in [-0.1, -0.05) is 12.1 Å². The van der Waals surface area contributed by atoms with Crippen molar-refractivity contribution in [2.24, 2.45) is 0 Å². The summed E-state index contributed by atoms with van der Waals surface area (Å²) in [5.74, 6) is 0.196. The first-order valence-corrected chi connectivity index (χ1v) is 10.0. The molecule has 3 rings (SSSR count). The molecule has 140 valence electrons. The number of rotatable bonds is 7. The van der Waals surface area contributed by atoms with E-state index in [9.17, 15) is 9.59 Å². The molecule has 0 atom stereocenters. The van der Waals surface area contributed by atoms with Crippen molar-refractivity contribution in [2.75, 3.05) is 25.5 Å². The highest BCUT2D eigenvalue weighted by atomic mass is 32.1. The number of ether oxygens (including phenoxy) is 1. The van der Waals surface area contributed by atoms with E-state index >= 15 is 0 Å². The van der Waals surface area contributed by atoms with Crippen LogP contribution < -0.4 is 10.1 Å². The third-order valence-electron chi connectivity index (χ3n) is 3.81. The van der Waals surface area contributed by atoms with Crippen LogP contribution in [0.1, 0.15) is 16.6 Å². The van der Waals surface area contributed by atoms with Gasteiger partial charge in [0.2, 0.25) is 5.91 Å². The van der Waals surface area contributed by atoms with Crippen LogP contribution in [0.3, 0.4) is 0 Å². The van der Waals surface area contributed by atoms with Gasteiger partial charge in [-0.15, -0.1) is 22.7 Å². The number of anilines is 1. The number of amides is 2. The van der Waals surface area contributed by atoms with E-state index in [1.165, 1.54) is 16.2 Å². The number of nitrogens with zero attached hydrogens (tertiary/aromatic N) is 2. The molecule has 3 aromatic rings. The Morgan fingerprint density at radius 3 is 2.81 bits per heavy atom. The van der Waals surface area contributed by atoms with Gasteiger partial charge >= 0.3 is 0 Å². The van der Waals surface area contributed by atoms with Crippen LogP contribution in [0.4, 0.5) is 5.69 Å². The molecule has 0 spiro atoms. The summed E-state index contributed by atoms with van der Waals surface area (Å²) in [6, 6.07) is 11.0. The lowest BCUT2D eigenvalue weighted by Crippen LogP contribution is -2.37. The van der Waals surface area contributed by atoms with Gasteiger partial charge in [-0.2, -0.15) is 0 Å². The summed E-state index contributed by atoms with van der Waals surface area (Å²) in [5, 5.41) is 5.57. The molecule has 2 heterocycles. The number of thiophene rings is 1. The van der Waals surface area contributed by atoms with Gasteiger partial charge in [0.1, 0.15) is 22.2 Å². The largest absolute Gasteiger partial charge is 0.497 e. The zero-order valence-electron chi connectivity index (χ0n) is 15.0. The van der Waals surface area contributed by atoms with E-state index in [-0.39, 0.29) is 18.4 Å². The molecule has 2 aromatic heterocycles. The van der Waals surface area contributed by atoms with Gasteiger partial charge in [0, 0.05) is 18.3 Å². The summed E-state index contributed by atoms with van der Waals surface area (Å²) in [6.45, 7) is 2.24. The van der Waals surface area contributed by atoms with E-state index in [1.807, 2.05) is 24.4 Å². The number of hydrogen-bond donors (Lipinski definition) is 1. The molecule has 0 saturated heterocycles. The smallest absolute Gasteiger partial charge is 0.266 e. The Hall–Kier alpha value is -2.71. The van der Waals surface area contributed by atoms with Gasteiger partial charge in [0.05, 0.1) is 18.2 Å². The number of benzene rings is 1. The predicted molar refractivity (Wildman–Crippen MR) is 109 cm³/mol. The molecule has 0 aliphatic carbocycles. The van der Waals surface area contributed by atoms with Crippen LogP contribution in [0.25, 0.3) is 9.88 Å². The fourth-order valence-electron chi connectivity index (χ4n) is 2.44. The lowest BCUT2D eigenvalue weighted by molar-refractivity contribution is -0.116. The third kappa shape index (κ3) is 4.72. The van der Waals surface area contributed by atoms with Gasteiger partial charge in [0.15, 0.2) is 0 Å². The second-order valence-corrected chi connectivity index (χ2v) is 7.58. The number of thiazole rings is 1. The lowest BCUT2D eigenvalue weighted by Gasteiger charge is -2.19. The zero-order valence-corrected chi connectivity index (χ0v) is 16.6. The summed E-state index contributed by atoms with van der Waals surface area (Å²) >= 11 is 2.92. The van der Waals surface area contributed by atoms with Gasteiger partial charge < -0.3 is 15.0 Å². The first-order chi connectivity index (χ1) is 13.1. The van der Waals surface area contributed by atoms with Crippen LogP contribution in [0.15, 0.2) is 48.0 Å². The SMILES string of the molecule is CCN(CC(=O)Nc1cccc(OC)c1)C(=O)c1cnc(-c2cccs2)s1.